The third kappa shape index (κ3) is 5.20. The number of halogens is 1. The van der Waals surface area contributed by atoms with E-state index >= 15 is 0 Å². The Morgan fingerprint density at radius 2 is 1.92 bits per heavy atom. The molecule has 1 aliphatic carbocycles. The van der Waals surface area contributed by atoms with Crippen molar-refractivity contribution in [1.82, 2.24) is 20.2 Å². The first-order valence-electron chi connectivity index (χ1n) is 12.3. The van der Waals surface area contributed by atoms with E-state index in [1.807, 2.05) is 18.0 Å². The molecule has 0 amide bonds. The summed E-state index contributed by atoms with van der Waals surface area (Å²) in [6.07, 6.45) is 6.73. The molecular weight excluding hydrogens is 461 g/mol. The van der Waals surface area contributed by atoms with Crippen molar-refractivity contribution < 1.29 is 19.0 Å². The summed E-state index contributed by atoms with van der Waals surface area (Å²) in [5.41, 5.74) is 2.09. The Kier molecular flexibility index (Phi) is 7.56. The van der Waals surface area contributed by atoms with Gasteiger partial charge in [0, 0.05) is 18.8 Å². The van der Waals surface area contributed by atoms with Gasteiger partial charge >= 0.3 is 0 Å². The quantitative estimate of drug-likeness (QED) is 0.441. The van der Waals surface area contributed by atoms with Crippen LogP contribution in [0.2, 0.25) is 0 Å². The van der Waals surface area contributed by atoms with Gasteiger partial charge in [-0.2, -0.15) is 0 Å². The lowest BCUT2D eigenvalue weighted by Gasteiger charge is -2.43. The van der Waals surface area contributed by atoms with E-state index in [9.17, 15) is 9.50 Å². The maximum absolute atomic E-state index is 14.9. The van der Waals surface area contributed by atoms with Crippen molar-refractivity contribution >= 4 is 5.82 Å². The van der Waals surface area contributed by atoms with Crippen LogP contribution >= 0.6 is 0 Å². The minimum atomic E-state index is -0.913. The van der Waals surface area contributed by atoms with E-state index in [1.54, 1.807) is 37.7 Å². The topological polar surface area (TPSA) is 93.5 Å². The van der Waals surface area contributed by atoms with Crippen LogP contribution in [0.1, 0.15) is 46.0 Å². The van der Waals surface area contributed by atoms with Crippen molar-refractivity contribution in [1.29, 1.82) is 0 Å². The normalized spacial score (nSPS) is 21.7. The van der Waals surface area contributed by atoms with Gasteiger partial charge in [0.25, 0.3) is 5.88 Å². The fourth-order valence-corrected chi connectivity index (χ4v) is 5.14. The summed E-state index contributed by atoms with van der Waals surface area (Å²) in [6.45, 7) is 4.42. The second-order valence-corrected chi connectivity index (χ2v) is 9.81. The van der Waals surface area contributed by atoms with Gasteiger partial charge in [0.1, 0.15) is 11.9 Å². The lowest BCUT2D eigenvalue weighted by molar-refractivity contribution is 0.102. The average Bonchev–Trinajstić information content (AvgIpc) is 2.89. The number of hydrogen-bond acceptors (Lipinski definition) is 8. The van der Waals surface area contributed by atoms with Gasteiger partial charge in [-0.25, -0.2) is 14.4 Å². The van der Waals surface area contributed by atoms with E-state index in [0.717, 1.165) is 36.8 Å². The van der Waals surface area contributed by atoms with Gasteiger partial charge in [-0.3, -0.25) is 0 Å². The van der Waals surface area contributed by atoms with Gasteiger partial charge in [0.05, 0.1) is 32.0 Å². The minimum absolute atomic E-state index is 0.0108. The third-order valence-corrected chi connectivity index (χ3v) is 7.21. The van der Waals surface area contributed by atoms with Crippen molar-refractivity contribution in [2.24, 2.45) is 5.41 Å². The first kappa shape index (κ1) is 25.6. The standard InChI is InChI=1S/C27H34FN5O3/c1-6-10-27(2)11-9-20(28)21(14-27)33(3)24-16-29-25(32-31-24)19-8-7-17(12-22(19)34)18-13-23(35-4)26(36-5)30-15-18/h7-8,12-13,15-16,20-21,34H,6,9-11,14H2,1-5H3/t20-,21+,27+/m0/s1. The van der Waals surface area contributed by atoms with Crippen LogP contribution in [0.25, 0.3) is 22.5 Å². The smallest absolute Gasteiger partial charge is 0.256 e. The van der Waals surface area contributed by atoms with E-state index in [2.05, 4.69) is 34.0 Å². The summed E-state index contributed by atoms with van der Waals surface area (Å²) in [5, 5.41) is 19.3. The Morgan fingerprint density at radius 1 is 1.11 bits per heavy atom. The predicted molar refractivity (Wildman–Crippen MR) is 137 cm³/mol. The zero-order chi connectivity index (χ0) is 25.9. The maximum atomic E-state index is 14.9. The summed E-state index contributed by atoms with van der Waals surface area (Å²) >= 11 is 0. The van der Waals surface area contributed by atoms with Crippen molar-refractivity contribution in [3.8, 4) is 39.9 Å². The van der Waals surface area contributed by atoms with Gasteiger partial charge in [-0.1, -0.05) is 26.3 Å². The number of rotatable bonds is 8. The monoisotopic (exact) mass is 495 g/mol. The SMILES string of the molecule is CCC[C@]1(C)CC[C@H](F)[C@H](N(C)c2cnc(-c3ccc(-c4cnc(OC)c(OC)c4)cc3O)nn2)C1. The number of benzene rings is 1. The number of aromatic nitrogens is 4. The van der Waals surface area contributed by atoms with Gasteiger partial charge < -0.3 is 19.5 Å². The van der Waals surface area contributed by atoms with Crippen molar-refractivity contribution in [2.75, 3.05) is 26.2 Å². The molecule has 1 saturated carbocycles. The molecule has 36 heavy (non-hydrogen) atoms. The Labute approximate surface area is 211 Å². The number of nitrogens with zero attached hydrogens (tertiary/aromatic N) is 5. The molecule has 0 aliphatic heterocycles. The van der Waals surface area contributed by atoms with Crippen LogP contribution in [-0.4, -0.2) is 58.8 Å². The van der Waals surface area contributed by atoms with Crippen LogP contribution in [0.5, 0.6) is 17.4 Å². The molecule has 8 nitrogen and oxygen atoms in total. The predicted octanol–water partition coefficient (Wildman–Crippen LogP) is 5.46. The zero-order valence-electron chi connectivity index (χ0n) is 21.5. The number of phenols is 1. The molecule has 1 fully saturated rings. The van der Waals surface area contributed by atoms with Crippen molar-refractivity contribution in [3.05, 3.63) is 36.7 Å². The second kappa shape index (κ2) is 10.6. The van der Waals surface area contributed by atoms with Crippen molar-refractivity contribution in [2.45, 2.75) is 58.2 Å². The Balaban J connectivity index is 1.53. The zero-order valence-corrected chi connectivity index (χ0v) is 21.5. The summed E-state index contributed by atoms with van der Waals surface area (Å²) in [7, 11) is 4.92. The number of anilines is 1. The van der Waals surface area contributed by atoms with Crippen molar-refractivity contribution in [3.63, 3.8) is 0 Å². The molecule has 0 spiro atoms. The van der Waals surface area contributed by atoms with Crippen LogP contribution in [0.15, 0.2) is 36.7 Å². The average molecular weight is 496 g/mol. The molecule has 1 N–H and O–H groups in total. The third-order valence-electron chi connectivity index (χ3n) is 7.21. The number of phenolic OH excluding ortho intramolecular Hbond substituents is 1. The lowest BCUT2D eigenvalue weighted by Crippen LogP contribution is -2.47. The highest BCUT2D eigenvalue weighted by molar-refractivity contribution is 5.73. The minimum Gasteiger partial charge on any atom is -0.507 e. The number of methoxy groups -OCH3 is 2. The van der Waals surface area contributed by atoms with E-state index in [4.69, 9.17) is 9.47 Å². The number of hydrogen-bond donors (Lipinski definition) is 1. The molecule has 3 aromatic rings. The van der Waals surface area contributed by atoms with Crippen LogP contribution in [0.3, 0.4) is 0 Å². The molecule has 0 bridgehead atoms. The molecule has 1 aliphatic rings. The Bertz CT molecular complexity index is 1190. The Morgan fingerprint density at radius 3 is 2.56 bits per heavy atom. The number of ether oxygens (including phenoxy) is 2. The highest BCUT2D eigenvalue weighted by Crippen LogP contribution is 2.43. The molecule has 3 atom stereocenters. The highest BCUT2D eigenvalue weighted by Gasteiger charge is 2.39. The summed E-state index contributed by atoms with van der Waals surface area (Å²) in [4.78, 5) is 10.5. The van der Waals surface area contributed by atoms with E-state index in [-0.39, 0.29) is 23.0 Å². The molecule has 4 rings (SSSR count). The molecule has 2 heterocycles. The van der Waals surface area contributed by atoms with Crippen LogP contribution in [-0.2, 0) is 0 Å². The highest BCUT2D eigenvalue weighted by atomic mass is 19.1. The fourth-order valence-electron chi connectivity index (χ4n) is 5.14. The number of pyridine rings is 1. The molecule has 0 radical (unpaired) electrons. The maximum Gasteiger partial charge on any atom is 0.256 e. The molecule has 9 heteroatoms. The number of alkyl halides is 1. The largest absolute Gasteiger partial charge is 0.507 e. The second-order valence-electron chi connectivity index (χ2n) is 9.81. The lowest BCUT2D eigenvalue weighted by atomic mass is 9.70. The van der Waals surface area contributed by atoms with Gasteiger partial charge in [0.15, 0.2) is 17.4 Å². The number of aromatic hydroxyl groups is 1. The van der Waals surface area contributed by atoms with E-state index in [0.29, 0.717) is 29.4 Å². The molecule has 0 saturated heterocycles. The summed E-state index contributed by atoms with van der Waals surface area (Å²) < 4.78 is 25.4. The fraction of sp³-hybridized carbons (Fsp3) is 0.481. The van der Waals surface area contributed by atoms with Gasteiger partial charge in [-0.15, -0.1) is 10.2 Å². The van der Waals surface area contributed by atoms with Crippen LogP contribution in [0.4, 0.5) is 10.2 Å². The summed E-state index contributed by atoms with van der Waals surface area (Å²) in [6, 6.07) is 6.71. The van der Waals surface area contributed by atoms with Crippen LogP contribution < -0.4 is 14.4 Å². The van der Waals surface area contributed by atoms with E-state index < -0.39 is 6.17 Å². The first-order valence-corrected chi connectivity index (χ1v) is 12.3. The Hall–Kier alpha value is -3.49. The van der Waals surface area contributed by atoms with Gasteiger partial charge in [0.2, 0.25) is 0 Å². The molecule has 2 aromatic heterocycles. The molecule has 192 valence electrons. The molecule has 1 aromatic carbocycles. The summed E-state index contributed by atoms with van der Waals surface area (Å²) in [5.74, 6) is 1.69. The first-order chi connectivity index (χ1) is 17.3. The molecular formula is C27H34FN5O3. The van der Waals surface area contributed by atoms with E-state index in [1.165, 1.54) is 7.11 Å². The molecule has 0 unspecified atom stereocenters. The van der Waals surface area contributed by atoms with Gasteiger partial charge in [-0.05, 0) is 54.9 Å². The van der Waals surface area contributed by atoms with Crippen LogP contribution in [0, 0.1) is 5.41 Å².